The number of carbonyl (C=O) groups is 1. The molecule has 1 N–H and O–H groups in total. The van der Waals surface area contributed by atoms with Gasteiger partial charge in [-0.05, 0) is 63.8 Å². The Morgan fingerprint density at radius 3 is 2.67 bits per heavy atom. The zero-order chi connectivity index (χ0) is 22.1. The van der Waals surface area contributed by atoms with E-state index in [1.54, 1.807) is 6.07 Å². The number of hydrazone groups is 1. The summed E-state index contributed by atoms with van der Waals surface area (Å²) in [7, 11) is 2.00. The predicted octanol–water partition coefficient (Wildman–Crippen LogP) is 4.20. The Kier molecular flexibility index (Phi) is 6.45. The van der Waals surface area contributed by atoms with E-state index in [0.29, 0.717) is 16.6 Å². The van der Waals surface area contributed by atoms with E-state index in [0.717, 1.165) is 29.1 Å². The Hall–Kier alpha value is -2.48. The summed E-state index contributed by atoms with van der Waals surface area (Å²) in [6, 6.07) is 5.26. The van der Waals surface area contributed by atoms with Crippen molar-refractivity contribution in [2.45, 2.75) is 57.7 Å². The van der Waals surface area contributed by atoms with E-state index in [1.807, 2.05) is 33.0 Å². The number of fused-ring (bicyclic) bond motifs is 1. The molecule has 1 atom stereocenters. The summed E-state index contributed by atoms with van der Waals surface area (Å²) >= 11 is 1.24. The van der Waals surface area contributed by atoms with Crippen molar-refractivity contribution in [3.05, 3.63) is 46.5 Å². The lowest BCUT2D eigenvalue weighted by molar-refractivity contribution is -0.118. The van der Waals surface area contributed by atoms with Gasteiger partial charge in [0.1, 0.15) is 5.82 Å². The standard InChI is InChI=1S/C22H28FN5OS/c1-13-10-22(4,5)28(6)19-9-18(23)16(8-17(13)19)11-24-27-20(29)12-30-21-25-14(2)7-15(3)26-21/h7-9,11,13H,10,12H2,1-6H3,(H,27,29)/b24-11-. The number of halogens is 1. The number of hydrogen-bond acceptors (Lipinski definition) is 6. The molecule has 6 nitrogen and oxygen atoms in total. The molecule has 0 radical (unpaired) electrons. The van der Waals surface area contributed by atoms with Gasteiger partial charge in [-0.25, -0.2) is 19.8 Å². The van der Waals surface area contributed by atoms with Gasteiger partial charge < -0.3 is 4.90 Å². The minimum atomic E-state index is -0.360. The van der Waals surface area contributed by atoms with Crippen molar-refractivity contribution in [2.75, 3.05) is 17.7 Å². The van der Waals surface area contributed by atoms with Crippen molar-refractivity contribution in [2.24, 2.45) is 5.10 Å². The first-order chi connectivity index (χ1) is 14.1. The predicted molar refractivity (Wildman–Crippen MR) is 120 cm³/mol. The Morgan fingerprint density at radius 1 is 1.33 bits per heavy atom. The van der Waals surface area contributed by atoms with Crippen LogP contribution >= 0.6 is 11.8 Å². The third-order valence-corrected chi connectivity index (χ3v) is 6.29. The summed E-state index contributed by atoms with van der Waals surface area (Å²) in [6.45, 7) is 10.2. The molecule has 3 rings (SSSR count). The molecule has 1 amide bonds. The van der Waals surface area contributed by atoms with Crippen LogP contribution in [-0.4, -0.2) is 40.4 Å². The van der Waals surface area contributed by atoms with Crippen LogP contribution in [0.1, 0.15) is 55.6 Å². The number of aryl methyl sites for hydroxylation is 2. The Labute approximate surface area is 181 Å². The van der Waals surface area contributed by atoms with Crippen LogP contribution in [0.5, 0.6) is 0 Å². The average Bonchev–Trinajstić information content (AvgIpc) is 2.64. The second-order valence-electron chi connectivity index (χ2n) is 8.42. The van der Waals surface area contributed by atoms with Crippen molar-refractivity contribution in [3.63, 3.8) is 0 Å². The van der Waals surface area contributed by atoms with Crippen molar-refractivity contribution in [3.8, 4) is 0 Å². The molecule has 8 heteroatoms. The number of benzene rings is 1. The van der Waals surface area contributed by atoms with Crippen molar-refractivity contribution in [1.29, 1.82) is 0 Å². The lowest BCUT2D eigenvalue weighted by Gasteiger charge is -2.45. The van der Waals surface area contributed by atoms with Gasteiger partial charge in [-0.2, -0.15) is 5.10 Å². The first-order valence-electron chi connectivity index (χ1n) is 9.91. The molecule has 1 aromatic heterocycles. The third-order valence-electron chi connectivity index (χ3n) is 5.44. The molecule has 160 valence electrons. The molecule has 0 saturated heterocycles. The molecule has 1 aromatic carbocycles. The minimum absolute atomic E-state index is 0.0281. The second kappa shape index (κ2) is 8.71. The summed E-state index contributed by atoms with van der Waals surface area (Å²) < 4.78 is 14.6. The highest BCUT2D eigenvalue weighted by Gasteiger charge is 2.34. The van der Waals surface area contributed by atoms with Gasteiger partial charge in [-0.1, -0.05) is 18.7 Å². The maximum atomic E-state index is 14.6. The molecule has 0 fully saturated rings. The van der Waals surface area contributed by atoms with Crippen LogP contribution in [0.3, 0.4) is 0 Å². The zero-order valence-electron chi connectivity index (χ0n) is 18.3. The number of aromatic nitrogens is 2. The van der Waals surface area contributed by atoms with Crippen LogP contribution in [0.4, 0.5) is 10.1 Å². The van der Waals surface area contributed by atoms with Crippen molar-refractivity contribution < 1.29 is 9.18 Å². The quantitative estimate of drug-likeness (QED) is 0.334. The Morgan fingerprint density at radius 2 is 2.00 bits per heavy atom. The van der Waals surface area contributed by atoms with Crippen LogP contribution in [0.15, 0.2) is 28.5 Å². The van der Waals surface area contributed by atoms with E-state index < -0.39 is 0 Å². The van der Waals surface area contributed by atoms with Gasteiger partial charge in [0, 0.05) is 35.2 Å². The van der Waals surface area contributed by atoms with E-state index in [4.69, 9.17) is 0 Å². The van der Waals surface area contributed by atoms with Crippen LogP contribution in [0, 0.1) is 19.7 Å². The summed E-state index contributed by atoms with van der Waals surface area (Å²) in [5.41, 5.74) is 6.49. The van der Waals surface area contributed by atoms with Gasteiger partial charge >= 0.3 is 0 Å². The largest absolute Gasteiger partial charge is 0.369 e. The maximum absolute atomic E-state index is 14.6. The number of anilines is 1. The first kappa shape index (κ1) is 22.2. The highest BCUT2D eigenvalue weighted by Crippen LogP contribution is 2.43. The monoisotopic (exact) mass is 429 g/mol. The van der Waals surface area contributed by atoms with Gasteiger partial charge in [0.15, 0.2) is 5.16 Å². The van der Waals surface area contributed by atoms with Crippen LogP contribution in [0.2, 0.25) is 0 Å². The lowest BCUT2D eigenvalue weighted by Crippen LogP contribution is -2.45. The fourth-order valence-corrected chi connectivity index (χ4v) is 4.54. The fraction of sp³-hybridized carbons (Fsp3) is 0.455. The fourth-order valence-electron chi connectivity index (χ4n) is 3.80. The molecule has 0 spiro atoms. The molecule has 1 unspecified atom stereocenters. The number of thioether (sulfide) groups is 1. The number of hydrogen-bond donors (Lipinski definition) is 1. The number of nitrogens with zero attached hydrogens (tertiary/aromatic N) is 4. The lowest BCUT2D eigenvalue weighted by atomic mass is 9.80. The number of rotatable bonds is 5. The van der Waals surface area contributed by atoms with E-state index in [9.17, 15) is 9.18 Å². The first-order valence-corrected chi connectivity index (χ1v) is 10.9. The van der Waals surface area contributed by atoms with E-state index in [-0.39, 0.29) is 23.0 Å². The molecule has 0 aliphatic carbocycles. The SMILES string of the molecule is Cc1cc(C)nc(SCC(=O)N/N=C\c2cc3c(cc2F)N(C)C(C)(C)CC3C)n1. The molecular weight excluding hydrogens is 401 g/mol. The number of amides is 1. The number of carbonyl (C=O) groups excluding carboxylic acids is 1. The summed E-state index contributed by atoms with van der Waals surface area (Å²) in [5, 5.41) is 4.49. The summed E-state index contributed by atoms with van der Waals surface area (Å²) in [5.74, 6) is -0.222. The van der Waals surface area contributed by atoms with E-state index in [1.165, 1.54) is 18.0 Å². The normalized spacial score (nSPS) is 17.8. The maximum Gasteiger partial charge on any atom is 0.250 e. The molecule has 0 bridgehead atoms. The van der Waals surface area contributed by atoms with Gasteiger partial charge in [-0.15, -0.1) is 0 Å². The van der Waals surface area contributed by atoms with Crippen molar-refractivity contribution in [1.82, 2.24) is 15.4 Å². The molecule has 2 heterocycles. The minimum Gasteiger partial charge on any atom is -0.369 e. The molecular formula is C22H28FN5OS. The Balaban J connectivity index is 1.65. The molecule has 0 saturated carbocycles. The third kappa shape index (κ3) is 4.98. The van der Waals surface area contributed by atoms with Gasteiger partial charge in [-0.3, -0.25) is 4.79 Å². The van der Waals surface area contributed by atoms with Crippen LogP contribution < -0.4 is 10.3 Å². The second-order valence-corrected chi connectivity index (χ2v) is 9.37. The van der Waals surface area contributed by atoms with E-state index >= 15 is 0 Å². The highest BCUT2D eigenvalue weighted by atomic mass is 32.2. The van der Waals surface area contributed by atoms with Crippen molar-refractivity contribution >= 4 is 29.6 Å². The van der Waals surface area contributed by atoms with Crippen LogP contribution in [-0.2, 0) is 4.79 Å². The number of nitrogens with one attached hydrogen (secondary N) is 1. The molecule has 1 aliphatic heterocycles. The summed E-state index contributed by atoms with van der Waals surface area (Å²) in [4.78, 5) is 22.8. The molecule has 1 aliphatic rings. The summed E-state index contributed by atoms with van der Waals surface area (Å²) in [6.07, 6.45) is 2.34. The smallest absolute Gasteiger partial charge is 0.250 e. The van der Waals surface area contributed by atoms with Gasteiger partial charge in [0.05, 0.1) is 12.0 Å². The highest BCUT2D eigenvalue weighted by molar-refractivity contribution is 7.99. The van der Waals surface area contributed by atoms with E-state index in [2.05, 4.69) is 46.2 Å². The average molecular weight is 430 g/mol. The molecule has 30 heavy (non-hydrogen) atoms. The van der Waals surface area contributed by atoms with Gasteiger partial charge in [0.2, 0.25) is 0 Å². The molecule has 2 aromatic rings. The zero-order valence-corrected chi connectivity index (χ0v) is 19.1. The topological polar surface area (TPSA) is 70.5 Å². The Bertz CT molecular complexity index is 971. The van der Waals surface area contributed by atoms with Gasteiger partial charge in [0.25, 0.3) is 5.91 Å². The van der Waals surface area contributed by atoms with Crippen LogP contribution in [0.25, 0.3) is 0 Å².